The molecule has 0 spiro atoms. The molecule has 0 saturated heterocycles. The first-order chi connectivity index (χ1) is 14.9. The minimum atomic E-state index is -0.484. The molecule has 1 aromatic carbocycles. The van der Waals surface area contributed by atoms with Crippen LogP contribution in [0.5, 0.6) is 17.5 Å². The van der Waals surface area contributed by atoms with E-state index in [2.05, 4.69) is 27.0 Å². The third kappa shape index (κ3) is 4.91. The molecule has 4 rings (SSSR count). The van der Waals surface area contributed by atoms with Gasteiger partial charge in [-0.15, -0.1) is 0 Å². The third-order valence-corrected chi connectivity index (χ3v) is 5.80. The van der Waals surface area contributed by atoms with Crippen molar-refractivity contribution in [2.75, 3.05) is 5.01 Å². The van der Waals surface area contributed by atoms with E-state index in [0.29, 0.717) is 29.4 Å². The lowest BCUT2D eigenvalue weighted by Gasteiger charge is -2.22. The number of hydrazone groups is 1. The fraction of sp³-hybridized carbons (Fsp3) is 0.333. The van der Waals surface area contributed by atoms with Crippen LogP contribution in [-0.2, 0) is 6.42 Å². The fourth-order valence-electron chi connectivity index (χ4n) is 3.70. The Bertz CT molecular complexity index is 1030. The van der Waals surface area contributed by atoms with Gasteiger partial charge in [0.2, 0.25) is 0 Å². The van der Waals surface area contributed by atoms with Crippen LogP contribution in [0, 0.1) is 5.92 Å². The zero-order chi connectivity index (χ0) is 22.0. The minimum absolute atomic E-state index is 0.0326. The number of benzene rings is 1. The Morgan fingerprint density at radius 3 is 2.61 bits per heavy atom. The molecule has 2 aromatic rings. The van der Waals surface area contributed by atoms with E-state index in [9.17, 15) is 9.90 Å². The highest BCUT2D eigenvalue weighted by molar-refractivity contribution is 6.37. The molecule has 0 radical (unpaired) electrons. The maximum absolute atomic E-state index is 12.1. The van der Waals surface area contributed by atoms with Crippen LogP contribution in [0.3, 0.4) is 0 Å². The monoisotopic (exact) mass is 461 g/mol. The van der Waals surface area contributed by atoms with Crippen LogP contribution in [0.25, 0.3) is 0 Å². The van der Waals surface area contributed by atoms with Gasteiger partial charge < -0.3 is 15.2 Å². The van der Waals surface area contributed by atoms with Gasteiger partial charge >= 0.3 is 12.0 Å². The highest BCUT2D eigenvalue weighted by atomic mass is 35.5. The number of hydrogen-bond donors (Lipinski definition) is 2. The summed E-state index contributed by atoms with van der Waals surface area (Å²) in [6.45, 7) is 3.63. The molecule has 162 valence electrons. The number of allylic oxidation sites excluding steroid dienone is 1. The maximum Gasteiger partial charge on any atom is 0.347 e. The average Bonchev–Trinajstić information content (AvgIpc) is 2.73. The van der Waals surface area contributed by atoms with Gasteiger partial charge in [-0.3, -0.25) is 0 Å². The van der Waals surface area contributed by atoms with Gasteiger partial charge in [-0.1, -0.05) is 61.9 Å². The number of aromatic nitrogens is 2. The number of anilines is 1. The molecule has 10 heteroatoms. The van der Waals surface area contributed by atoms with Crippen LogP contribution >= 0.6 is 23.2 Å². The van der Waals surface area contributed by atoms with E-state index in [4.69, 9.17) is 27.9 Å². The van der Waals surface area contributed by atoms with Crippen molar-refractivity contribution in [3.8, 4) is 17.5 Å². The molecular weight excluding hydrogens is 441 g/mol. The Morgan fingerprint density at radius 2 is 1.94 bits per heavy atom. The van der Waals surface area contributed by atoms with Gasteiger partial charge in [0.25, 0.3) is 0 Å². The second-order valence-electron chi connectivity index (χ2n) is 7.55. The number of carbonyl (C=O) groups excluding carboxylic acids is 1. The Morgan fingerprint density at radius 1 is 1.23 bits per heavy atom. The SMILES string of the molecule is C=C1C=NN(c2cc(Cl)c(Oc3ncc(O)c(CC4CCCCC4)n3)c(Cl)c2)C(=O)N1. The summed E-state index contributed by atoms with van der Waals surface area (Å²) in [5.74, 6) is 0.675. The van der Waals surface area contributed by atoms with E-state index in [-0.39, 0.29) is 27.6 Å². The van der Waals surface area contributed by atoms with Crippen LogP contribution < -0.4 is 15.1 Å². The van der Waals surface area contributed by atoms with Crippen molar-refractivity contribution in [3.63, 3.8) is 0 Å². The summed E-state index contributed by atoms with van der Waals surface area (Å²) in [6, 6.07) is 2.54. The summed E-state index contributed by atoms with van der Waals surface area (Å²) >= 11 is 12.7. The quantitative estimate of drug-likeness (QED) is 0.617. The number of rotatable bonds is 5. The minimum Gasteiger partial charge on any atom is -0.504 e. The number of aromatic hydroxyl groups is 1. The van der Waals surface area contributed by atoms with Crippen LogP contribution in [0.2, 0.25) is 10.0 Å². The first-order valence-corrected chi connectivity index (χ1v) is 10.7. The number of nitrogens with zero attached hydrogens (tertiary/aromatic N) is 4. The van der Waals surface area contributed by atoms with Gasteiger partial charge in [0.15, 0.2) is 11.5 Å². The first-order valence-electron chi connectivity index (χ1n) is 9.96. The van der Waals surface area contributed by atoms with E-state index in [1.807, 2.05) is 0 Å². The predicted molar refractivity (Wildman–Crippen MR) is 119 cm³/mol. The number of carbonyl (C=O) groups is 1. The smallest absolute Gasteiger partial charge is 0.347 e. The molecular formula is C21H21Cl2N5O3. The predicted octanol–water partition coefficient (Wildman–Crippen LogP) is 5.43. The summed E-state index contributed by atoms with van der Waals surface area (Å²) in [5, 5.41) is 18.2. The normalized spacial score (nSPS) is 17.0. The molecule has 0 bridgehead atoms. The summed E-state index contributed by atoms with van der Waals surface area (Å²) in [6.07, 6.45) is 9.29. The second kappa shape index (κ2) is 9.11. The molecule has 1 aliphatic carbocycles. The number of amides is 2. The van der Waals surface area contributed by atoms with Crippen LogP contribution in [0.1, 0.15) is 37.8 Å². The summed E-state index contributed by atoms with van der Waals surface area (Å²) in [5.41, 5.74) is 1.28. The van der Waals surface area contributed by atoms with Crippen molar-refractivity contribution in [2.45, 2.75) is 38.5 Å². The zero-order valence-corrected chi connectivity index (χ0v) is 18.2. The molecule has 1 fully saturated rings. The number of halogens is 2. The molecule has 2 heterocycles. The molecule has 1 saturated carbocycles. The Balaban J connectivity index is 1.55. The number of ether oxygens (including phenoxy) is 1. The molecule has 1 aromatic heterocycles. The standard InChI is InChI=1S/C21H21Cl2N5O3/c1-12-10-25-28(21(30)26-12)14-8-15(22)19(16(23)9-14)31-20-24-11-18(29)17(27-20)7-13-5-3-2-4-6-13/h8-11,13,29H,1-7H2,(H,26,30). The number of hydrogen-bond acceptors (Lipinski definition) is 6. The largest absolute Gasteiger partial charge is 0.504 e. The lowest BCUT2D eigenvalue weighted by atomic mass is 9.86. The molecule has 0 atom stereocenters. The van der Waals surface area contributed by atoms with Gasteiger partial charge in [-0.25, -0.2) is 4.79 Å². The summed E-state index contributed by atoms with van der Waals surface area (Å²) in [4.78, 5) is 20.5. The summed E-state index contributed by atoms with van der Waals surface area (Å²) in [7, 11) is 0. The first kappa shape index (κ1) is 21.4. The zero-order valence-electron chi connectivity index (χ0n) is 16.6. The van der Waals surface area contributed by atoms with Gasteiger partial charge in [0, 0.05) is 0 Å². The third-order valence-electron chi connectivity index (χ3n) is 5.24. The van der Waals surface area contributed by atoms with Gasteiger partial charge in [0.05, 0.1) is 39.5 Å². The van der Waals surface area contributed by atoms with Crippen LogP contribution in [0.15, 0.2) is 35.7 Å². The van der Waals surface area contributed by atoms with Crippen molar-refractivity contribution >= 4 is 41.1 Å². The van der Waals surface area contributed by atoms with Gasteiger partial charge in [-0.05, 0) is 24.5 Å². The lowest BCUT2D eigenvalue weighted by Crippen LogP contribution is -2.40. The molecule has 0 unspecified atom stereocenters. The highest BCUT2D eigenvalue weighted by Gasteiger charge is 2.23. The number of nitrogens with one attached hydrogen (secondary N) is 1. The number of urea groups is 1. The van der Waals surface area contributed by atoms with Crippen molar-refractivity contribution < 1.29 is 14.6 Å². The molecule has 2 aliphatic rings. The Kier molecular flexibility index (Phi) is 6.29. The van der Waals surface area contributed by atoms with E-state index < -0.39 is 6.03 Å². The van der Waals surface area contributed by atoms with Gasteiger partial charge in [0.1, 0.15) is 0 Å². The Labute approximate surface area is 189 Å². The molecule has 1 aliphatic heterocycles. The second-order valence-corrected chi connectivity index (χ2v) is 8.36. The van der Waals surface area contributed by atoms with E-state index in [1.165, 1.54) is 43.8 Å². The van der Waals surface area contributed by atoms with E-state index in [0.717, 1.165) is 17.9 Å². The maximum atomic E-state index is 12.1. The summed E-state index contributed by atoms with van der Waals surface area (Å²) < 4.78 is 5.74. The topological polar surface area (TPSA) is 99.9 Å². The van der Waals surface area contributed by atoms with E-state index in [1.54, 1.807) is 0 Å². The van der Waals surface area contributed by atoms with Crippen molar-refractivity contribution in [3.05, 3.63) is 46.3 Å². The van der Waals surface area contributed by atoms with E-state index >= 15 is 0 Å². The lowest BCUT2D eigenvalue weighted by molar-refractivity contribution is 0.248. The molecule has 8 nitrogen and oxygen atoms in total. The van der Waals surface area contributed by atoms with Crippen LogP contribution in [-0.4, -0.2) is 27.3 Å². The van der Waals surface area contributed by atoms with Crippen molar-refractivity contribution in [1.82, 2.24) is 15.3 Å². The van der Waals surface area contributed by atoms with Crippen molar-refractivity contribution in [2.24, 2.45) is 11.0 Å². The molecule has 2 N–H and O–H groups in total. The van der Waals surface area contributed by atoms with Crippen LogP contribution in [0.4, 0.5) is 10.5 Å². The van der Waals surface area contributed by atoms with Gasteiger partial charge in [-0.2, -0.15) is 20.1 Å². The highest BCUT2D eigenvalue weighted by Crippen LogP contribution is 2.40. The molecule has 31 heavy (non-hydrogen) atoms. The Hall–Kier alpha value is -2.84. The average molecular weight is 462 g/mol. The fourth-order valence-corrected chi connectivity index (χ4v) is 4.25. The molecule has 2 amide bonds. The van der Waals surface area contributed by atoms with Crippen molar-refractivity contribution in [1.29, 1.82) is 0 Å².